The molecule has 2 saturated heterocycles. The summed E-state index contributed by atoms with van der Waals surface area (Å²) in [4.78, 5) is 16.2. The number of aliphatic hydroxyl groups is 1. The molecule has 0 saturated carbocycles. The molecule has 4 heterocycles. The van der Waals surface area contributed by atoms with E-state index in [1.165, 1.54) is 28.7 Å². The summed E-state index contributed by atoms with van der Waals surface area (Å²) in [5, 5.41) is 11.8. The van der Waals surface area contributed by atoms with Gasteiger partial charge in [0.25, 0.3) is 0 Å². The van der Waals surface area contributed by atoms with Crippen LogP contribution in [0.5, 0.6) is 0 Å². The first kappa shape index (κ1) is 15.3. The molecule has 2 atom stereocenters. The molecule has 0 unspecified atom stereocenters. The van der Waals surface area contributed by atoms with Crippen LogP contribution in [0.1, 0.15) is 30.2 Å². The Bertz CT molecular complexity index is 710. The van der Waals surface area contributed by atoms with Gasteiger partial charge in [-0.05, 0) is 44.8 Å². The van der Waals surface area contributed by atoms with Gasteiger partial charge in [-0.25, -0.2) is 9.97 Å². The maximum atomic E-state index is 10.6. The van der Waals surface area contributed by atoms with Crippen molar-refractivity contribution in [1.29, 1.82) is 0 Å². The molecule has 2 aromatic rings. The molecule has 1 N–H and O–H groups in total. The molecule has 0 aromatic carbocycles. The van der Waals surface area contributed by atoms with E-state index in [-0.39, 0.29) is 12.1 Å². The normalized spacial score (nSPS) is 25.8. The molecule has 5 nitrogen and oxygen atoms in total. The highest BCUT2D eigenvalue weighted by molar-refractivity contribution is 7.18. The van der Waals surface area contributed by atoms with Gasteiger partial charge in [-0.15, -0.1) is 11.3 Å². The second-order valence-corrected chi connectivity index (χ2v) is 7.85. The van der Waals surface area contributed by atoms with Crippen molar-refractivity contribution in [3.63, 3.8) is 0 Å². The Morgan fingerprint density at radius 3 is 2.78 bits per heavy atom. The third-order valence-corrected chi connectivity index (χ3v) is 6.35. The molecule has 6 heteroatoms. The number of anilines is 1. The minimum Gasteiger partial charge on any atom is -0.390 e. The van der Waals surface area contributed by atoms with Crippen LogP contribution >= 0.6 is 11.3 Å². The number of likely N-dealkylation sites (tertiary alicyclic amines) is 1. The fraction of sp³-hybridized carbons (Fsp3) is 0.647. The standard InChI is InChI=1S/C17H24N4OS/c1-3-12-11(2)23-17-15(12)16(18-10-19-17)21-8-13(14(22)9-21)20-6-4-5-7-20/h10,13-14,22H,3-9H2,1-2H3/t13-,14-/m0/s1. The minimum atomic E-state index is -0.289. The predicted molar refractivity (Wildman–Crippen MR) is 94.3 cm³/mol. The lowest BCUT2D eigenvalue weighted by Crippen LogP contribution is -2.41. The van der Waals surface area contributed by atoms with E-state index in [0.717, 1.165) is 36.7 Å². The van der Waals surface area contributed by atoms with Crippen LogP contribution in [0, 0.1) is 6.92 Å². The molecule has 0 spiro atoms. The van der Waals surface area contributed by atoms with Gasteiger partial charge in [0.05, 0.1) is 17.5 Å². The summed E-state index contributed by atoms with van der Waals surface area (Å²) >= 11 is 1.75. The van der Waals surface area contributed by atoms with Gasteiger partial charge >= 0.3 is 0 Å². The Hall–Kier alpha value is -1.24. The zero-order valence-corrected chi connectivity index (χ0v) is 14.6. The SMILES string of the molecule is CCc1c(C)sc2ncnc(N3C[C@H](O)[C@@H](N4CCCC4)C3)c12. The van der Waals surface area contributed by atoms with Gasteiger partial charge in [-0.1, -0.05) is 6.92 Å². The van der Waals surface area contributed by atoms with Gasteiger partial charge in [0, 0.05) is 18.0 Å². The molecule has 124 valence electrons. The van der Waals surface area contributed by atoms with Crippen molar-refractivity contribution in [2.45, 2.75) is 45.3 Å². The molecular weight excluding hydrogens is 308 g/mol. The summed E-state index contributed by atoms with van der Waals surface area (Å²) < 4.78 is 0. The fourth-order valence-corrected chi connectivity index (χ4v) is 5.20. The van der Waals surface area contributed by atoms with E-state index in [2.05, 4.69) is 33.6 Å². The van der Waals surface area contributed by atoms with Gasteiger partial charge in [-0.3, -0.25) is 4.90 Å². The largest absolute Gasteiger partial charge is 0.390 e. The molecular formula is C17H24N4OS. The maximum absolute atomic E-state index is 10.6. The van der Waals surface area contributed by atoms with Gasteiger partial charge < -0.3 is 10.0 Å². The minimum absolute atomic E-state index is 0.243. The average molecular weight is 332 g/mol. The van der Waals surface area contributed by atoms with Gasteiger partial charge in [0.1, 0.15) is 17.0 Å². The van der Waals surface area contributed by atoms with Crippen molar-refractivity contribution in [2.24, 2.45) is 0 Å². The van der Waals surface area contributed by atoms with Crippen LogP contribution in [-0.2, 0) is 6.42 Å². The van der Waals surface area contributed by atoms with Crippen LogP contribution in [0.15, 0.2) is 6.33 Å². The van der Waals surface area contributed by atoms with E-state index in [9.17, 15) is 5.11 Å². The lowest BCUT2D eigenvalue weighted by atomic mass is 10.1. The lowest BCUT2D eigenvalue weighted by molar-refractivity contribution is 0.0986. The molecule has 2 aliphatic heterocycles. The van der Waals surface area contributed by atoms with Crippen LogP contribution in [0.25, 0.3) is 10.2 Å². The van der Waals surface area contributed by atoms with E-state index < -0.39 is 0 Å². The summed E-state index contributed by atoms with van der Waals surface area (Å²) in [5.74, 6) is 1.01. The Balaban J connectivity index is 1.69. The van der Waals surface area contributed by atoms with E-state index in [1.807, 2.05) is 0 Å². The third kappa shape index (κ3) is 2.53. The second-order valence-electron chi connectivity index (χ2n) is 6.65. The number of rotatable bonds is 3. The number of aryl methyl sites for hydroxylation is 2. The topological polar surface area (TPSA) is 52.5 Å². The van der Waals surface area contributed by atoms with Crippen molar-refractivity contribution in [3.8, 4) is 0 Å². The van der Waals surface area contributed by atoms with Crippen LogP contribution in [0.2, 0.25) is 0 Å². The van der Waals surface area contributed by atoms with Crippen LogP contribution < -0.4 is 4.90 Å². The first-order chi connectivity index (χ1) is 11.2. The third-order valence-electron chi connectivity index (χ3n) is 5.29. The fourth-order valence-electron chi connectivity index (χ4n) is 4.12. The highest BCUT2D eigenvalue weighted by Crippen LogP contribution is 2.36. The molecule has 4 rings (SSSR count). The van der Waals surface area contributed by atoms with Gasteiger partial charge in [0.2, 0.25) is 0 Å². The molecule has 0 aliphatic carbocycles. The van der Waals surface area contributed by atoms with E-state index in [0.29, 0.717) is 6.54 Å². The highest BCUT2D eigenvalue weighted by atomic mass is 32.1. The Morgan fingerprint density at radius 1 is 1.26 bits per heavy atom. The molecule has 0 radical (unpaired) electrons. The predicted octanol–water partition coefficient (Wildman–Crippen LogP) is 2.21. The van der Waals surface area contributed by atoms with Crippen molar-refractivity contribution in [2.75, 3.05) is 31.1 Å². The van der Waals surface area contributed by atoms with Crippen molar-refractivity contribution >= 4 is 27.4 Å². The summed E-state index contributed by atoms with van der Waals surface area (Å²) in [6, 6.07) is 0.243. The first-order valence-electron chi connectivity index (χ1n) is 8.59. The first-order valence-corrected chi connectivity index (χ1v) is 9.40. The Morgan fingerprint density at radius 2 is 2.04 bits per heavy atom. The number of fused-ring (bicyclic) bond motifs is 1. The van der Waals surface area contributed by atoms with Crippen LogP contribution in [0.3, 0.4) is 0 Å². The summed E-state index contributed by atoms with van der Waals surface area (Å²) in [7, 11) is 0. The molecule has 0 bridgehead atoms. The lowest BCUT2D eigenvalue weighted by Gasteiger charge is -2.25. The summed E-state index contributed by atoms with van der Waals surface area (Å²) in [6.07, 6.45) is 4.89. The van der Waals surface area contributed by atoms with E-state index >= 15 is 0 Å². The van der Waals surface area contributed by atoms with Gasteiger partial charge in [0.15, 0.2) is 0 Å². The van der Waals surface area contributed by atoms with Crippen molar-refractivity contribution < 1.29 is 5.11 Å². The Labute approximate surface area is 141 Å². The smallest absolute Gasteiger partial charge is 0.141 e. The second kappa shape index (κ2) is 6.00. The summed E-state index contributed by atoms with van der Waals surface area (Å²) in [5.41, 5.74) is 1.36. The van der Waals surface area contributed by atoms with Crippen molar-refractivity contribution in [1.82, 2.24) is 14.9 Å². The number of hydrogen-bond acceptors (Lipinski definition) is 6. The number of nitrogens with zero attached hydrogens (tertiary/aromatic N) is 4. The maximum Gasteiger partial charge on any atom is 0.141 e. The van der Waals surface area contributed by atoms with Crippen LogP contribution in [0.4, 0.5) is 5.82 Å². The van der Waals surface area contributed by atoms with Crippen LogP contribution in [-0.4, -0.2) is 58.3 Å². The molecule has 2 aliphatic rings. The number of thiophene rings is 1. The summed E-state index contributed by atoms with van der Waals surface area (Å²) in [6.45, 7) is 8.13. The molecule has 0 amide bonds. The quantitative estimate of drug-likeness (QED) is 0.934. The highest BCUT2D eigenvalue weighted by Gasteiger charge is 2.37. The van der Waals surface area contributed by atoms with E-state index in [1.54, 1.807) is 17.7 Å². The van der Waals surface area contributed by atoms with E-state index in [4.69, 9.17) is 0 Å². The number of hydrogen-bond donors (Lipinski definition) is 1. The monoisotopic (exact) mass is 332 g/mol. The molecule has 2 aromatic heterocycles. The van der Waals surface area contributed by atoms with Crippen molar-refractivity contribution in [3.05, 3.63) is 16.8 Å². The number of aromatic nitrogens is 2. The molecule has 2 fully saturated rings. The zero-order chi connectivity index (χ0) is 16.0. The molecule has 23 heavy (non-hydrogen) atoms. The zero-order valence-electron chi connectivity index (χ0n) is 13.8. The Kier molecular flexibility index (Phi) is 3.99. The average Bonchev–Trinajstić information content (AvgIpc) is 3.24. The van der Waals surface area contributed by atoms with Gasteiger partial charge in [-0.2, -0.15) is 0 Å². The number of β-amino-alcohol motifs (C(OH)–C–C–N with tert-alkyl or cyclic N) is 1. The number of aliphatic hydroxyl groups excluding tert-OH is 1.